The first-order valence-corrected chi connectivity index (χ1v) is 9.05. The molecule has 3 rings (SSSR count). The third-order valence-electron chi connectivity index (χ3n) is 5.21. The molecule has 0 aromatic heterocycles. The van der Waals surface area contributed by atoms with E-state index in [1.165, 1.54) is 5.56 Å². The van der Waals surface area contributed by atoms with Gasteiger partial charge >= 0.3 is 0 Å². The molecule has 0 spiro atoms. The van der Waals surface area contributed by atoms with Crippen LogP contribution in [0.25, 0.3) is 0 Å². The molecular formula is C22H28N2O. The quantitative estimate of drug-likeness (QED) is 0.834. The Kier molecular flexibility index (Phi) is 5.57. The number of phenols is 1. The minimum atomic E-state index is 0.0609. The lowest BCUT2D eigenvalue weighted by molar-refractivity contribution is 0.0301. The lowest BCUT2D eigenvalue weighted by Gasteiger charge is -2.47. The van der Waals surface area contributed by atoms with Crippen molar-refractivity contribution in [1.29, 1.82) is 0 Å². The summed E-state index contributed by atoms with van der Waals surface area (Å²) in [7, 11) is 0. The summed E-state index contributed by atoms with van der Waals surface area (Å²) in [6, 6.07) is 19.1. The van der Waals surface area contributed by atoms with E-state index in [1.807, 2.05) is 30.3 Å². The van der Waals surface area contributed by atoms with E-state index < -0.39 is 0 Å². The standard InChI is InChI=1S/C22H28N2O/c1-4-14-23-15-18(3)24(16-17(23)2)22(19-10-6-5-7-11-19)20-12-8-9-13-21(20)25/h4-13,17-18,22,25H,1,14-16H2,2-3H3/t17-,18+,22+/m1/s1. The van der Waals surface area contributed by atoms with Crippen molar-refractivity contribution < 1.29 is 5.11 Å². The fourth-order valence-corrected chi connectivity index (χ4v) is 3.91. The van der Waals surface area contributed by atoms with Gasteiger partial charge in [-0.25, -0.2) is 0 Å². The molecular weight excluding hydrogens is 308 g/mol. The highest BCUT2D eigenvalue weighted by atomic mass is 16.3. The number of aromatic hydroxyl groups is 1. The minimum absolute atomic E-state index is 0.0609. The number of nitrogens with zero attached hydrogens (tertiary/aromatic N) is 2. The van der Waals surface area contributed by atoms with Gasteiger partial charge in [-0.1, -0.05) is 54.6 Å². The summed E-state index contributed by atoms with van der Waals surface area (Å²) in [6.45, 7) is 11.3. The first kappa shape index (κ1) is 17.7. The van der Waals surface area contributed by atoms with Crippen molar-refractivity contribution in [3.8, 4) is 5.75 Å². The van der Waals surface area contributed by atoms with Crippen molar-refractivity contribution in [2.75, 3.05) is 19.6 Å². The summed E-state index contributed by atoms with van der Waals surface area (Å²) in [5, 5.41) is 10.5. The molecule has 0 amide bonds. The SMILES string of the molecule is C=CCN1C[C@H](C)N([C@@H](c2ccccc2)c2ccccc2O)C[C@H]1C. The van der Waals surface area contributed by atoms with Crippen molar-refractivity contribution >= 4 is 0 Å². The highest BCUT2D eigenvalue weighted by Crippen LogP contribution is 2.37. The Balaban J connectivity index is 1.98. The zero-order valence-electron chi connectivity index (χ0n) is 15.2. The first-order valence-electron chi connectivity index (χ1n) is 9.05. The monoisotopic (exact) mass is 336 g/mol. The van der Waals surface area contributed by atoms with Crippen LogP contribution in [0.5, 0.6) is 5.75 Å². The van der Waals surface area contributed by atoms with Crippen molar-refractivity contribution in [1.82, 2.24) is 9.80 Å². The predicted octanol–water partition coefficient (Wildman–Crippen LogP) is 4.06. The Morgan fingerprint density at radius 2 is 1.72 bits per heavy atom. The highest BCUT2D eigenvalue weighted by molar-refractivity contribution is 5.41. The van der Waals surface area contributed by atoms with Crippen LogP contribution in [0, 0.1) is 0 Å². The van der Waals surface area contributed by atoms with Crippen LogP contribution in [0.4, 0.5) is 0 Å². The topological polar surface area (TPSA) is 26.7 Å². The molecule has 0 bridgehead atoms. The molecule has 3 atom stereocenters. The molecule has 132 valence electrons. The Morgan fingerprint density at radius 1 is 1.04 bits per heavy atom. The molecule has 2 aromatic carbocycles. The highest BCUT2D eigenvalue weighted by Gasteiger charge is 2.35. The molecule has 2 aromatic rings. The van der Waals surface area contributed by atoms with Crippen LogP contribution in [0.2, 0.25) is 0 Å². The van der Waals surface area contributed by atoms with E-state index in [0.717, 1.165) is 25.2 Å². The second kappa shape index (κ2) is 7.85. The molecule has 1 aliphatic heterocycles. The summed E-state index contributed by atoms with van der Waals surface area (Å²) in [6.07, 6.45) is 1.98. The smallest absolute Gasteiger partial charge is 0.120 e. The maximum absolute atomic E-state index is 10.5. The number of hydrogen-bond acceptors (Lipinski definition) is 3. The van der Waals surface area contributed by atoms with Gasteiger partial charge in [0, 0.05) is 37.3 Å². The van der Waals surface area contributed by atoms with E-state index in [9.17, 15) is 5.11 Å². The summed E-state index contributed by atoms with van der Waals surface area (Å²) in [4.78, 5) is 5.00. The Morgan fingerprint density at radius 3 is 2.40 bits per heavy atom. The van der Waals surface area contributed by atoms with Crippen LogP contribution in [0.1, 0.15) is 31.0 Å². The van der Waals surface area contributed by atoms with E-state index in [0.29, 0.717) is 17.8 Å². The van der Waals surface area contributed by atoms with Crippen LogP contribution >= 0.6 is 0 Å². The summed E-state index contributed by atoms with van der Waals surface area (Å²) >= 11 is 0. The largest absolute Gasteiger partial charge is 0.508 e. The van der Waals surface area contributed by atoms with Gasteiger partial charge in [0.05, 0.1) is 6.04 Å². The number of phenolic OH excluding ortho intramolecular Hbond substituents is 1. The second-order valence-electron chi connectivity index (χ2n) is 7.01. The van der Waals surface area contributed by atoms with E-state index >= 15 is 0 Å². The lowest BCUT2D eigenvalue weighted by atomic mass is 9.93. The molecule has 1 aliphatic rings. The molecule has 0 saturated carbocycles. The fraction of sp³-hybridized carbons (Fsp3) is 0.364. The summed E-state index contributed by atoms with van der Waals surface area (Å²) in [5.41, 5.74) is 2.20. The van der Waals surface area contributed by atoms with Gasteiger partial charge in [-0.15, -0.1) is 6.58 Å². The number of hydrogen-bond donors (Lipinski definition) is 1. The number of piperazine rings is 1. The molecule has 1 N–H and O–H groups in total. The van der Waals surface area contributed by atoms with E-state index in [1.54, 1.807) is 6.07 Å². The van der Waals surface area contributed by atoms with Gasteiger partial charge in [-0.2, -0.15) is 0 Å². The van der Waals surface area contributed by atoms with Crippen LogP contribution in [0.3, 0.4) is 0 Å². The van der Waals surface area contributed by atoms with E-state index in [4.69, 9.17) is 0 Å². The van der Waals surface area contributed by atoms with Gasteiger partial charge in [0.1, 0.15) is 5.75 Å². The van der Waals surface area contributed by atoms with Gasteiger partial charge in [0.2, 0.25) is 0 Å². The normalized spacial score (nSPS) is 23.3. The van der Waals surface area contributed by atoms with Crippen molar-refractivity contribution in [3.05, 3.63) is 78.4 Å². The molecule has 1 saturated heterocycles. The van der Waals surface area contributed by atoms with Gasteiger partial charge in [-0.3, -0.25) is 9.80 Å². The van der Waals surface area contributed by atoms with Gasteiger partial charge in [-0.05, 0) is 25.5 Å². The van der Waals surface area contributed by atoms with Crippen molar-refractivity contribution in [2.24, 2.45) is 0 Å². The average molecular weight is 336 g/mol. The molecule has 0 unspecified atom stereocenters. The molecule has 3 nitrogen and oxygen atoms in total. The molecule has 1 heterocycles. The molecule has 1 fully saturated rings. The Bertz CT molecular complexity index is 700. The minimum Gasteiger partial charge on any atom is -0.508 e. The van der Waals surface area contributed by atoms with Gasteiger partial charge in [0.15, 0.2) is 0 Å². The molecule has 3 heteroatoms. The zero-order chi connectivity index (χ0) is 17.8. The number of rotatable bonds is 5. The molecule has 0 radical (unpaired) electrons. The Labute approximate surface area is 151 Å². The first-order chi connectivity index (χ1) is 12.1. The third-order valence-corrected chi connectivity index (χ3v) is 5.21. The van der Waals surface area contributed by atoms with Gasteiger partial charge < -0.3 is 5.11 Å². The lowest BCUT2D eigenvalue weighted by Crippen LogP contribution is -2.57. The van der Waals surface area contributed by atoms with Crippen molar-refractivity contribution in [2.45, 2.75) is 32.0 Å². The molecule has 25 heavy (non-hydrogen) atoms. The number of para-hydroxylation sites is 1. The maximum Gasteiger partial charge on any atom is 0.120 e. The Hall–Kier alpha value is -2.10. The van der Waals surface area contributed by atoms with Gasteiger partial charge in [0.25, 0.3) is 0 Å². The average Bonchev–Trinajstić information content (AvgIpc) is 2.62. The third kappa shape index (κ3) is 3.78. The van der Waals surface area contributed by atoms with Crippen LogP contribution in [0.15, 0.2) is 67.3 Å². The predicted molar refractivity (Wildman–Crippen MR) is 104 cm³/mol. The van der Waals surface area contributed by atoms with Crippen LogP contribution < -0.4 is 0 Å². The summed E-state index contributed by atoms with van der Waals surface area (Å²) < 4.78 is 0. The van der Waals surface area contributed by atoms with Crippen LogP contribution in [-0.4, -0.2) is 46.6 Å². The maximum atomic E-state index is 10.5. The molecule has 0 aliphatic carbocycles. The number of benzene rings is 2. The zero-order valence-corrected chi connectivity index (χ0v) is 15.2. The second-order valence-corrected chi connectivity index (χ2v) is 7.01. The van der Waals surface area contributed by atoms with Crippen LogP contribution in [-0.2, 0) is 0 Å². The van der Waals surface area contributed by atoms with E-state index in [-0.39, 0.29) is 6.04 Å². The van der Waals surface area contributed by atoms with Crippen molar-refractivity contribution in [3.63, 3.8) is 0 Å². The fourth-order valence-electron chi connectivity index (χ4n) is 3.91. The van der Waals surface area contributed by atoms with E-state index in [2.05, 4.69) is 54.5 Å². The summed E-state index contributed by atoms with van der Waals surface area (Å²) in [5.74, 6) is 0.365.